The monoisotopic (exact) mass is 534 g/mol. The molecule has 0 radical (unpaired) electrons. The van der Waals surface area contributed by atoms with E-state index in [1.165, 1.54) is 24.1 Å². The lowest BCUT2D eigenvalue weighted by molar-refractivity contribution is -0.384. The molecule has 12 heteroatoms. The number of amides is 2. The van der Waals surface area contributed by atoms with Gasteiger partial charge in [0.25, 0.3) is 5.69 Å². The third-order valence-corrected chi connectivity index (χ3v) is 6.70. The van der Waals surface area contributed by atoms with E-state index in [-0.39, 0.29) is 42.0 Å². The summed E-state index contributed by atoms with van der Waals surface area (Å²) in [6.07, 6.45) is 1.18. The Bertz CT molecular complexity index is 1250. The first-order valence-corrected chi connectivity index (χ1v) is 13.6. The number of anilines is 1. The van der Waals surface area contributed by atoms with Gasteiger partial charge in [-0.05, 0) is 38.8 Å². The van der Waals surface area contributed by atoms with Crippen molar-refractivity contribution in [1.29, 1.82) is 0 Å². The molecule has 2 amide bonds. The van der Waals surface area contributed by atoms with E-state index in [9.17, 15) is 28.1 Å². The molecule has 0 aliphatic carbocycles. The number of benzene rings is 2. The Hall–Kier alpha value is -3.67. The Kier molecular flexibility index (Phi) is 10.0. The van der Waals surface area contributed by atoms with Crippen molar-refractivity contribution in [3.05, 3.63) is 63.7 Å². The van der Waals surface area contributed by atoms with Gasteiger partial charge in [-0.2, -0.15) is 0 Å². The van der Waals surface area contributed by atoms with Gasteiger partial charge in [-0.3, -0.25) is 24.0 Å². The first kappa shape index (κ1) is 29.6. The van der Waals surface area contributed by atoms with Crippen LogP contribution < -0.4 is 14.4 Å². The Morgan fingerprint density at radius 1 is 1.16 bits per heavy atom. The average Bonchev–Trinajstić information content (AvgIpc) is 2.80. The van der Waals surface area contributed by atoms with E-state index in [2.05, 4.69) is 5.32 Å². The van der Waals surface area contributed by atoms with E-state index in [4.69, 9.17) is 4.74 Å². The second kappa shape index (κ2) is 12.5. The summed E-state index contributed by atoms with van der Waals surface area (Å²) in [7, 11) is -2.80. The summed E-state index contributed by atoms with van der Waals surface area (Å²) in [5.41, 5.74) is 1.21. The summed E-state index contributed by atoms with van der Waals surface area (Å²) in [6, 6.07) is 9.88. The van der Waals surface area contributed by atoms with E-state index < -0.39 is 33.4 Å². The molecule has 0 aliphatic rings. The maximum atomic E-state index is 13.7. The molecule has 0 aromatic heterocycles. The second-order valence-electron chi connectivity index (χ2n) is 8.98. The molecule has 0 heterocycles. The predicted octanol–water partition coefficient (Wildman–Crippen LogP) is 3.01. The fourth-order valence-corrected chi connectivity index (χ4v) is 4.73. The Morgan fingerprint density at radius 3 is 2.35 bits per heavy atom. The van der Waals surface area contributed by atoms with Gasteiger partial charge in [-0.25, -0.2) is 8.42 Å². The zero-order chi connectivity index (χ0) is 27.9. The van der Waals surface area contributed by atoms with E-state index in [1.807, 2.05) is 31.2 Å². The number of aryl methyl sites for hydroxylation is 1. The molecule has 0 fully saturated rings. The van der Waals surface area contributed by atoms with Crippen LogP contribution in [0.25, 0.3) is 0 Å². The fraction of sp³-hybridized carbons (Fsp3) is 0.440. The SMILES string of the molecule is CC[C@H](C(=O)NC(C)C)N(Cc1cccc(C)c1)C(=O)CN(c1cc([N+](=O)[O-])ccc1OC)S(C)(=O)=O. The number of nitro groups is 1. The van der Waals surface area contributed by atoms with Gasteiger partial charge in [0, 0.05) is 24.7 Å². The predicted molar refractivity (Wildman–Crippen MR) is 141 cm³/mol. The van der Waals surface area contributed by atoms with Gasteiger partial charge >= 0.3 is 0 Å². The molecule has 2 aromatic rings. The highest BCUT2D eigenvalue weighted by molar-refractivity contribution is 7.92. The summed E-state index contributed by atoms with van der Waals surface area (Å²) in [5, 5.41) is 14.2. The Balaban J connectivity index is 2.57. The number of ether oxygens (including phenoxy) is 1. The molecule has 1 atom stereocenters. The Morgan fingerprint density at radius 2 is 1.84 bits per heavy atom. The molecule has 11 nitrogen and oxygen atoms in total. The van der Waals surface area contributed by atoms with Crippen LogP contribution >= 0.6 is 0 Å². The van der Waals surface area contributed by atoms with Crippen LogP contribution in [-0.2, 0) is 26.2 Å². The van der Waals surface area contributed by atoms with Crippen LogP contribution in [0, 0.1) is 17.0 Å². The smallest absolute Gasteiger partial charge is 0.271 e. The van der Waals surface area contributed by atoms with Crippen LogP contribution in [0.3, 0.4) is 0 Å². The number of rotatable bonds is 12. The van der Waals surface area contributed by atoms with Crippen LogP contribution in [0.15, 0.2) is 42.5 Å². The largest absolute Gasteiger partial charge is 0.495 e. The quantitative estimate of drug-likeness (QED) is 0.326. The van der Waals surface area contributed by atoms with Crippen LogP contribution in [0.1, 0.15) is 38.3 Å². The van der Waals surface area contributed by atoms with Crippen molar-refractivity contribution in [3.63, 3.8) is 0 Å². The van der Waals surface area contributed by atoms with Crippen molar-refractivity contribution in [2.24, 2.45) is 0 Å². The molecule has 0 bridgehead atoms. The van der Waals surface area contributed by atoms with E-state index in [0.29, 0.717) is 0 Å². The summed E-state index contributed by atoms with van der Waals surface area (Å²) in [4.78, 5) is 38.8. The molecule has 0 spiro atoms. The number of nitrogens with zero attached hydrogens (tertiary/aromatic N) is 3. The molecular weight excluding hydrogens is 500 g/mol. The number of methoxy groups -OCH3 is 1. The molecule has 0 saturated carbocycles. The zero-order valence-electron chi connectivity index (χ0n) is 21.9. The highest BCUT2D eigenvalue weighted by atomic mass is 32.2. The van der Waals surface area contributed by atoms with Crippen molar-refractivity contribution in [2.45, 2.75) is 52.7 Å². The van der Waals surface area contributed by atoms with Gasteiger partial charge in [0.1, 0.15) is 24.0 Å². The lowest BCUT2D eigenvalue weighted by Gasteiger charge is -2.33. The van der Waals surface area contributed by atoms with Crippen LogP contribution in [0.4, 0.5) is 11.4 Å². The molecule has 0 unspecified atom stereocenters. The van der Waals surface area contributed by atoms with Crippen molar-refractivity contribution >= 4 is 33.2 Å². The van der Waals surface area contributed by atoms with Crippen LogP contribution in [0.5, 0.6) is 5.75 Å². The molecule has 0 saturated heterocycles. The normalized spacial score (nSPS) is 12.1. The molecule has 37 heavy (non-hydrogen) atoms. The van der Waals surface area contributed by atoms with Crippen molar-refractivity contribution in [2.75, 3.05) is 24.2 Å². The number of carbonyl (C=O) groups is 2. The summed E-state index contributed by atoms with van der Waals surface area (Å²) < 4.78 is 31.6. The number of hydrogen-bond donors (Lipinski definition) is 1. The lowest BCUT2D eigenvalue weighted by atomic mass is 10.1. The van der Waals surface area contributed by atoms with Crippen LogP contribution in [-0.4, -0.2) is 62.0 Å². The molecular formula is C25H34N4O7S. The average molecular weight is 535 g/mol. The third kappa shape index (κ3) is 7.91. The summed E-state index contributed by atoms with van der Waals surface area (Å²) in [6.45, 7) is 6.65. The van der Waals surface area contributed by atoms with E-state index in [0.717, 1.165) is 27.8 Å². The number of nitro benzene ring substituents is 1. The molecule has 0 aliphatic heterocycles. The highest BCUT2D eigenvalue weighted by Crippen LogP contribution is 2.34. The minimum absolute atomic E-state index is 0.0404. The molecule has 2 aromatic carbocycles. The molecule has 1 N–H and O–H groups in total. The van der Waals surface area contributed by atoms with Crippen molar-refractivity contribution in [3.8, 4) is 5.75 Å². The number of hydrogen-bond acceptors (Lipinski definition) is 7. The maximum Gasteiger partial charge on any atom is 0.271 e. The number of sulfonamides is 1. The Labute approximate surface area is 217 Å². The topological polar surface area (TPSA) is 139 Å². The van der Waals surface area contributed by atoms with Gasteiger partial charge in [0.2, 0.25) is 21.8 Å². The van der Waals surface area contributed by atoms with Gasteiger partial charge < -0.3 is 15.0 Å². The van der Waals surface area contributed by atoms with Gasteiger partial charge in [-0.1, -0.05) is 36.8 Å². The third-order valence-electron chi connectivity index (χ3n) is 5.57. The summed E-state index contributed by atoms with van der Waals surface area (Å²) >= 11 is 0. The van der Waals surface area contributed by atoms with Gasteiger partial charge in [0.15, 0.2) is 0 Å². The zero-order valence-corrected chi connectivity index (χ0v) is 22.7. The van der Waals surface area contributed by atoms with Crippen molar-refractivity contribution in [1.82, 2.24) is 10.2 Å². The first-order valence-electron chi connectivity index (χ1n) is 11.7. The van der Waals surface area contributed by atoms with Crippen LogP contribution in [0.2, 0.25) is 0 Å². The summed E-state index contributed by atoms with van der Waals surface area (Å²) in [5.74, 6) is -0.970. The van der Waals surface area contributed by atoms with Crippen molar-refractivity contribution < 1.29 is 27.7 Å². The van der Waals surface area contributed by atoms with Gasteiger partial charge in [-0.15, -0.1) is 0 Å². The van der Waals surface area contributed by atoms with E-state index >= 15 is 0 Å². The van der Waals surface area contributed by atoms with Gasteiger partial charge in [0.05, 0.1) is 18.3 Å². The number of non-ortho nitro benzene ring substituents is 1. The fourth-order valence-electron chi connectivity index (χ4n) is 3.89. The highest BCUT2D eigenvalue weighted by Gasteiger charge is 2.33. The molecule has 202 valence electrons. The molecule has 2 rings (SSSR count). The minimum atomic E-state index is -4.09. The van der Waals surface area contributed by atoms with E-state index in [1.54, 1.807) is 20.8 Å². The number of carbonyl (C=O) groups excluding carboxylic acids is 2. The number of nitrogens with one attached hydrogen (secondary N) is 1. The lowest BCUT2D eigenvalue weighted by Crippen LogP contribution is -2.53. The maximum absolute atomic E-state index is 13.7. The standard InChI is InChI=1S/C25H34N4O7S/c1-7-21(25(31)26-17(2)3)27(15-19-10-8-9-18(4)13-19)24(30)16-28(37(6,34)35)22-14-20(29(32)33)11-12-23(22)36-5/h8-14,17,21H,7,15-16H2,1-6H3,(H,26,31)/t21-/m1/s1. The first-order chi connectivity index (χ1) is 17.3. The minimum Gasteiger partial charge on any atom is -0.495 e. The second-order valence-corrected chi connectivity index (χ2v) is 10.9.